The Morgan fingerprint density at radius 1 is 1.58 bits per heavy atom. The summed E-state index contributed by atoms with van der Waals surface area (Å²) in [6.45, 7) is 2.56. The van der Waals surface area contributed by atoms with E-state index < -0.39 is 0 Å². The van der Waals surface area contributed by atoms with Gasteiger partial charge in [-0.25, -0.2) is 0 Å². The molecule has 7 heteroatoms. The number of nitrogens with one attached hydrogen (secondary N) is 1. The second kappa shape index (κ2) is 6.12. The molecule has 1 aliphatic rings. The second-order valence-corrected chi connectivity index (χ2v) is 4.34. The van der Waals surface area contributed by atoms with Crippen LogP contribution in [0.15, 0.2) is 18.3 Å². The highest BCUT2D eigenvalue weighted by molar-refractivity contribution is 5.83. The highest BCUT2D eigenvalue weighted by Crippen LogP contribution is 2.15. The molecule has 2 heterocycles. The van der Waals surface area contributed by atoms with Gasteiger partial charge in [0, 0.05) is 32.2 Å². The van der Waals surface area contributed by atoms with Crippen LogP contribution in [0.4, 0.5) is 0 Å². The first-order valence-corrected chi connectivity index (χ1v) is 6.11. The van der Waals surface area contributed by atoms with E-state index in [0.717, 1.165) is 6.42 Å². The first-order valence-electron chi connectivity index (χ1n) is 6.11. The largest absolute Gasteiger partial charge is 0.471 e. The van der Waals surface area contributed by atoms with Crippen LogP contribution in [0, 0.1) is 0 Å². The number of nitrogens with zero attached hydrogens (tertiary/aromatic N) is 3. The molecule has 0 aromatic carbocycles. The highest BCUT2D eigenvalue weighted by Gasteiger charge is 2.27. The predicted octanol–water partition coefficient (Wildman–Crippen LogP) is -0.408. The van der Waals surface area contributed by atoms with Crippen molar-refractivity contribution in [3.05, 3.63) is 18.3 Å². The van der Waals surface area contributed by atoms with Gasteiger partial charge in [-0.2, -0.15) is 5.10 Å². The fraction of sp³-hybridized carbons (Fsp3) is 0.500. The van der Waals surface area contributed by atoms with Gasteiger partial charge in [0.15, 0.2) is 0 Å². The molecule has 1 N–H and O–H groups in total. The minimum absolute atomic E-state index is 0.0349. The molecule has 1 aromatic rings. The molecular formula is C12H16N4O3. The van der Waals surface area contributed by atoms with Crippen molar-refractivity contribution in [3.63, 3.8) is 0 Å². The van der Waals surface area contributed by atoms with E-state index in [4.69, 9.17) is 4.74 Å². The molecule has 1 saturated heterocycles. The van der Waals surface area contributed by atoms with E-state index in [9.17, 15) is 9.59 Å². The third-order valence-electron chi connectivity index (χ3n) is 2.82. The van der Waals surface area contributed by atoms with Crippen LogP contribution in [0.5, 0.6) is 5.88 Å². The number of carbonyl (C=O) groups is 2. The molecule has 0 radical (unpaired) electrons. The van der Waals surface area contributed by atoms with Crippen LogP contribution in [0.25, 0.3) is 0 Å². The minimum Gasteiger partial charge on any atom is -0.471 e. The zero-order chi connectivity index (χ0) is 13.7. The van der Waals surface area contributed by atoms with E-state index >= 15 is 0 Å². The Morgan fingerprint density at radius 2 is 2.42 bits per heavy atom. The number of hydrogen-bond donors (Lipinski definition) is 1. The minimum atomic E-state index is -0.208. The van der Waals surface area contributed by atoms with Crippen LogP contribution in [0.1, 0.15) is 13.3 Å². The molecule has 1 aliphatic heterocycles. The number of rotatable bonds is 4. The van der Waals surface area contributed by atoms with Gasteiger partial charge >= 0.3 is 0 Å². The first-order chi connectivity index (χ1) is 9.15. The lowest BCUT2D eigenvalue weighted by Gasteiger charge is -2.16. The Kier molecular flexibility index (Phi) is 4.27. The summed E-state index contributed by atoms with van der Waals surface area (Å²) >= 11 is 0. The molecular weight excluding hydrogens is 248 g/mol. The van der Waals surface area contributed by atoms with Crippen molar-refractivity contribution in [1.82, 2.24) is 20.4 Å². The van der Waals surface area contributed by atoms with Crippen LogP contribution in [-0.2, 0) is 9.59 Å². The first kappa shape index (κ1) is 13.3. The van der Waals surface area contributed by atoms with Crippen LogP contribution >= 0.6 is 0 Å². The SMILES string of the molecule is CC(=O)NCC(=O)N1CCC(Oc2cccnn2)C1. The van der Waals surface area contributed by atoms with Gasteiger partial charge in [0.1, 0.15) is 6.10 Å². The number of hydrogen-bond acceptors (Lipinski definition) is 5. The predicted molar refractivity (Wildman–Crippen MR) is 66.3 cm³/mol. The molecule has 0 spiro atoms. The molecule has 0 bridgehead atoms. The quantitative estimate of drug-likeness (QED) is 0.799. The van der Waals surface area contributed by atoms with Crippen LogP contribution in [-0.4, -0.2) is 52.6 Å². The van der Waals surface area contributed by atoms with Crippen molar-refractivity contribution >= 4 is 11.8 Å². The second-order valence-electron chi connectivity index (χ2n) is 4.34. The highest BCUT2D eigenvalue weighted by atomic mass is 16.5. The fourth-order valence-electron chi connectivity index (χ4n) is 1.88. The van der Waals surface area contributed by atoms with Crippen molar-refractivity contribution in [1.29, 1.82) is 0 Å². The molecule has 1 unspecified atom stereocenters. The van der Waals surface area contributed by atoms with Crippen LogP contribution in [0.2, 0.25) is 0 Å². The summed E-state index contributed by atoms with van der Waals surface area (Å²) in [5.41, 5.74) is 0. The molecule has 2 amide bonds. The van der Waals surface area contributed by atoms with Crippen LogP contribution < -0.4 is 10.1 Å². The summed E-state index contributed by atoms with van der Waals surface area (Å²) in [4.78, 5) is 24.2. The molecule has 1 atom stereocenters. The smallest absolute Gasteiger partial charge is 0.242 e. The summed E-state index contributed by atoms with van der Waals surface area (Å²) in [7, 11) is 0. The Balaban J connectivity index is 1.80. The van der Waals surface area contributed by atoms with Crippen molar-refractivity contribution in [3.8, 4) is 5.88 Å². The number of ether oxygens (including phenoxy) is 1. The lowest BCUT2D eigenvalue weighted by molar-refractivity contribution is -0.131. The summed E-state index contributed by atoms with van der Waals surface area (Å²) < 4.78 is 5.63. The van der Waals surface area contributed by atoms with Gasteiger partial charge < -0.3 is 15.0 Å². The van der Waals surface area contributed by atoms with E-state index in [1.165, 1.54) is 6.92 Å². The van der Waals surface area contributed by atoms with Gasteiger partial charge in [-0.1, -0.05) is 0 Å². The normalized spacial score (nSPS) is 18.2. The molecule has 2 rings (SSSR count). The summed E-state index contributed by atoms with van der Waals surface area (Å²) in [6, 6.07) is 3.48. The van der Waals surface area contributed by atoms with Crippen molar-refractivity contribution in [2.24, 2.45) is 0 Å². The van der Waals surface area contributed by atoms with Crippen LogP contribution in [0.3, 0.4) is 0 Å². The maximum atomic E-state index is 11.8. The number of amides is 2. The standard InChI is InChI=1S/C12H16N4O3/c1-9(17)13-7-12(18)16-6-4-10(8-16)19-11-3-2-5-14-15-11/h2-3,5,10H,4,6-8H2,1H3,(H,13,17). The Bertz CT molecular complexity index is 452. The lowest BCUT2D eigenvalue weighted by Crippen LogP contribution is -2.39. The molecule has 0 saturated carbocycles. The number of aromatic nitrogens is 2. The third-order valence-corrected chi connectivity index (χ3v) is 2.82. The third kappa shape index (κ3) is 3.90. The topological polar surface area (TPSA) is 84.4 Å². The summed E-state index contributed by atoms with van der Waals surface area (Å²) in [5.74, 6) is 0.156. The summed E-state index contributed by atoms with van der Waals surface area (Å²) in [6.07, 6.45) is 2.26. The van der Waals surface area contributed by atoms with E-state index in [0.29, 0.717) is 19.0 Å². The number of carbonyl (C=O) groups excluding carboxylic acids is 2. The van der Waals surface area contributed by atoms with E-state index in [2.05, 4.69) is 15.5 Å². The van der Waals surface area contributed by atoms with E-state index in [1.807, 2.05) is 0 Å². The maximum absolute atomic E-state index is 11.8. The zero-order valence-electron chi connectivity index (χ0n) is 10.7. The fourth-order valence-corrected chi connectivity index (χ4v) is 1.88. The Morgan fingerprint density at radius 3 is 3.11 bits per heavy atom. The van der Waals surface area contributed by atoms with Crippen molar-refractivity contribution < 1.29 is 14.3 Å². The number of likely N-dealkylation sites (tertiary alicyclic amines) is 1. The molecule has 19 heavy (non-hydrogen) atoms. The molecule has 0 aliphatic carbocycles. The average Bonchev–Trinajstić information content (AvgIpc) is 2.85. The average molecular weight is 264 g/mol. The summed E-state index contributed by atoms with van der Waals surface area (Å²) in [5, 5.41) is 10.1. The van der Waals surface area contributed by atoms with Gasteiger partial charge in [0.25, 0.3) is 0 Å². The van der Waals surface area contributed by atoms with Gasteiger partial charge in [-0.05, 0) is 6.07 Å². The van der Waals surface area contributed by atoms with Gasteiger partial charge in [0.2, 0.25) is 17.7 Å². The monoisotopic (exact) mass is 264 g/mol. The van der Waals surface area contributed by atoms with Gasteiger partial charge in [0.05, 0.1) is 13.1 Å². The van der Waals surface area contributed by atoms with Gasteiger partial charge in [-0.3, -0.25) is 9.59 Å². The van der Waals surface area contributed by atoms with E-state index in [-0.39, 0.29) is 24.5 Å². The van der Waals surface area contributed by atoms with Crippen molar-refractivity contribution in [2.75, 3.05) is 19.6 Å². The molecule has 7 nitrogen and oxygen atoms in total. The zero-order valence-corrected chi connectivity index (χ0v) is 10.7. The Labute approximate surface area is 110 Å². The molecule has 102 valence electrons. The molecule has 1 aromatic heterocycles. The van der Waals surface area contributed by atoms with Gasteiger partial charge in [-0.15, -0.1) is 5.10 Å². The van der Waals surface area contributed by atoms with E-state index in [1.54, 1.807) is 23.2 Å². The van der Waals surface area contributed by atoms with Crippen molar-refractivity contribution in [2.45, 2.75) is 19.4 Å². The lowest BCUT2D eigenvalue weighted by atomic mass is 10.3. The maximum Gasteiger partial charge on any atom is 0.242 e. The Hall–Kier alpha value is -2.18. The molecule has 1 fully saturated rings.